The first-order chi connectivity index (χ1) is 20.7. The zero-order valence-electron chi connectivity index (χ0n) is 27.6. The van der Waals surface area contributed by atoms with E-state index in [4.69, 9.17) is 9.40 Å². The van der Waals surface area contributed by atoms with Crippen molar-refractivity contribution in [3.63, 3.8) is 0 Å². The number of para-hydroxylation sites is 1. The number of ketones is 1. The molecule has 0 aliphatic carbocycles. The standard InChI is InChI=1S/C29H22NO.C11H20O2.Ir/c1-17(2)25-16-21(15-20-12-11-19-8-4-5-9-22(19)26(20)25)27-29-24(13-14-30-27)23-10-6-7-18(3)28(23)31-29;1-10(2,3)8(12)7-9(13)11(4,5)6;/h4-14,16-17H,1-3H3;7,12H,1-6H3;/q-1;;/b;8-7-;. The van der Waals surface area contributed by atoms with Crippen molar-refractivity contribution in [1.82, 2.24) is 4.98 Å². The van der Waals surface area contributed by atoms with Crippen molar-refractivity contribution in [2.45, 2.75) is 68.2 Å². The second-order valence-corrected chi connectivity index (χ2v) is 14.0. The van der Waals surface area contributed by atoms with Gasteiger partial charge in [-0.3, -0.25) is 9.78 Å². The van der Waals surface area contributed by atoms with Gasteiger partial charge in [0.05, 0.1) is 0 Å². The summed E-state index contributed by atoms with van der Waals surface area (Å²) in [4.78, 5) is 16.2. The molecule has 45 heavy (non-hydrogen) atoms. The maximum atomic E-state index is 11.5. The predicted octanol–water partition coefficient (Wildman–Crippen LogP) is 11.3. The summed E-state index contributed by atoms with van der Waals surface area (Å²) in [6.45, 7) is 17.7. The molecule has 0 saturated heterocycles. The maximum absolute atomic E-state index is 11.5. The van der Waals surface area contributed by atoms with Crippen LogP contribution in [0, 0.1) is 23.8 Å². The van der Waals surface area contributed by atoms with Gasteiger partial charge in [-0.2, -0.15) is 0 Å². The zero-order valence-corrected chi connectivity index (χ0v) is 30.0. The van der Waals surface area contributed by atoms with Crippen LogP contribution in [-0.2, 0) is 24.9 Å². The number of pyridine rings is 1. The van der Waals surface area contributed by atoms with E-state index in [9.17, 15) is 9.90 Å². The molecule has 235 valence electrons. The number of allylic oxidation sites excluding steroid dienone is 2. The minimum Gasteiger partial charge on any atom is -0.512 e. The van der Waals surface area contributed by atoms with E-state index in [1.54, 1.807) is 0 Å². The number of fused-ring (bicyclic) bond motifs is 6. The molecule has 2 heterocycles. The van der Waals surface area contributed by atoms with Crippen LogP contribution in [0.15, 0.2) is 89.2 Å². The number of aryl methyl sites for hydroxylation is 1. The Morgan fingerprint density at radius 1 is 0.867 bits per heavy atom. The molecule has 0 aliphatic rings. The topological polar surface area (TPSA) is 63.3 Å². The van der Waals surface area contributed by atoms with Crippen molar-refractivity contribution in [3.8, 4) is 11.3 Å². The second kappa shape index (κ2) is 12.9. The number of carbonyl (C=O) groups is 1. The van der Waals surface area contributed by atoms with Crippen LogP contribution < -0.4 is 0 Å². The number of benzene rings is 4. The Hall–Kier alpha value is -3.79. The van der Waals surface area contributed by atoms with E-state index in [-0.39, 0.29) is 37.1 Å². The fraction of sp³-hybridized carbons (Fsp3) is 0.300. The van der Waals surface area contributed by atoms with Crippen molar-refractivity contribution in [2.24, 2.45) is 10.8 Å². The summed E-state index contributed by atoms with van der Waals surface area (Å²) >= 11 is 0. The van der Waals surface area contributed by atoms with Crippen LogP contribution in [0.3, 0.4) is 0 Å². The molecule has 0 aliphatic heterocycles. The van der Waals surface area contributed by atoms with Gasteiger partial charge in [0.1, 0.15) is 16.9 Å². The second-order valence-electron chi connectivity index (χ2n) is 14.0. The van der Waals surface area contributed by atoms with Crippen LogP contribution in [0.5, 0.6) is 0 Å². The van der Waals surface area contributed by atoms with Crippen molar-refractivity contribution in [3.05, 3.63) is 102 Å². The minimum absolute atomic E-state index is 0. The Bertz CT molecular complexity index is 2050. The molecule has 0 spiro atoms. The molecule has 4 aromatic carbocycles. The third-order valence-corrected chi connectivity index (χ3v) is 8.05. The SMILES string of the molecule is CC(C)(C)C(=O)/C=C(\O)C(C)(C)C.Cc1cccc2c1oc1c(-c3[c-]c4ccc5ccccc5c4c(C(C)C)c3)nccc12.[Ir]. The molecule has 0 unspecified atom stereocenters. The van der Waals surface area contributed by atoms with Crippen molar-refractivity contribution in [1.29, 1.82) is 0 Å². The minimum atomic E-state index is -0.417. The number of hydrogen-bond donors (Lipinski definition) is 1. The number of aliphatic hydroxyl groups is 1. The molecular weight excluding hydrogens is 735 g/mol. The zero-order chi connectivity index (χ0) is 32.0. The van der Waals surface area contributed by atoms with E-state index in [1.807, 2.05) is 53.8 Å². The maximum Gasteiger partial charge on any atom is 0.164 e. The molecule has 0 bridgehead atoms. The van der Waals surface area contributed by atoms with Crippen molar-refractivity contribution in [2.75, 3.05) is 0 Å². The van der Waals surface area contributed by atoms with E-state index < -0.39 is 5.41 Å². The summed E-state index contributed by atoms with van der Waals surface area (Å²) < 4.78 is 6.37. The van der Waals surface area contributed by atoms with Crippen LogP contribution >= 0.6 is 0 Å². The van der Waals surface area contributed by atoms with Gasteiger partial charge in [0.15, 0.2) is 5.78 Å². The summed E-state index contributed by atoms with van der Waals surface area (Å²) in [6, 6.07) is 27.2. The summed E-state index contributed by atoms with van der Waals surface area (Å²) in [5.41, 5.74) is 5.28. The van der Waals surface area contributed by atoms with Gasteiger partial charge in [-0.05, 0) is 35.2 Å². The first-order valence-corrected chi connectivity index (χ1v) is 15.3. The first kappa shape index (κ1) is 34.1. The largest absolute Gasteiger partial charge is 0.512 e. The van der Waals surface area contributed by atoms with E-state index in [0.717, 1.165) is 44.1 Å². The van der Waals surface area contributed by atoms with Gasteiger partial charge in [0.2, 0.25) is 0 Å². The Labute approximate surface area is 279 Å². The van der Waals surface area contributed by atoms with E-state index in [2.05, 4.69) is 87.5 Å². The Morgan fingerprint density at radius 3 is 2.20 bits per heavy atom. The number of furan rings is 1. The summed E-state index contributed by atoms with van der Waals surface area (Å²) in [5.74, 6) is 0.478. The van der Waals surface area contributed by atoms with Crippen LogP contribution in [0.4, 0.5) is 0 Å². The normalized spacial score (nSPS) is 12.4. The van der Waals surface area contributed by atoms with Gasteiger partial charge in [-0.25, -0.2) is 0 Å². The molecule has 6 aromatic rings. The van der Waals surface area contributed by atoms with Crippen LogP contribution in [-0.4, -0.2) is 15.9 Å². The molecule has 5 heteroatoms. The van der Waals surface area contributed by atoms with Crippen LogP contribution in [0.2, 0.25) is 0 Å². The fourth-order valence-corrected chi connectivity index (χ4v) is 5.29. The summed E-state index contributed by atoms with van der Waals surface area (Å²) in [5, 5.41) is 16.7. The van der Waals surface area contributed by atoms with Gasteiger partial charge in [0, 0.05) is 59.7 Å². The van der Waals surface area contributed by atoms with Gasteiger partial charge in [-0.15, -0.1) is 29.1 Å². The fourth-order valence-electron chi connectivity index (χ4n) is 5.29. The van der Waals surface area contributed by atoms with Crippen molar-refractivity contribution >= 4 is 49.3 Å². The Kier molecular flexibility index (Phi) is 9.78. The quantitative estimate of drug-likeness (QED) is 0.0841. The third kappa shape index (κ3) is 6.90. The summed E-state index contributed by atoms with van der Waals surface area (Å²) in [7, 11) is 0. The van der Waals surface area contributed by atoms with Crippen LogP contribution in [0.25, 0.3) is 54.7 Å². The van der Waals surface area contributed by atoms with Gasteiger partial charge < -0.3 is 9.52 Å². The van der Waals surface area contributed by atoms with E-state index in [1.165, 1.54) is 27.8 Å². The van der Waals surface area contributed by atoms with E-state index in [0.29, 0.717) is 5.92 Å². The van der Waals surface area contributed by atoms with Crippen LogP contribution in [0.1, 0.15) is 72.4 Å². The van der Waals surface area contributed by atoms with Gasteiger partial charge in [0.25, 0.3) is 0 Å². The third-order valence-electron chi connectivity index (χ3n) is 8.05. The smallest absolute Gasteiger partial charge is 0.164 e. The average molecular weight is 777 g/mol. The van der Waals surface area contributed by atoms with E-state index >= 15 is 0 Å². The Balaban J connectivity index is 0.000000283. The predicted molar refractivity (Wildman–Crippen MR) is 184 cm³/mol. The number of carbonyl (C=O) groups excluding carboxylic acids is 1. The molecule has 0 atom stereocenters. The molecule has 0 saturated carbocycles. The number of nitrogens with zero attached hydrogens (tertiary/aromatic N) is 1. The number of aromatic nitrogens is 1. The average Bonchev–Trinajstić information content (AvgIpc) is 3.36. The molecule has 0 amide bonds. The monoisotopic (exact) mass is 777 g/mol. The van der Waals surface area contributed by atoms with Gasteiger partial charge >= 0.3 is 0 Å². The molecule has 0 fully saturated rings. The Morgan fingerprint density at radius 2 is 1.53 bits per heavy atom. The molecule has 6 rings (SSSR count). The molecule has 4 nitrogen and oxygen atoms in total. The molecule has 1 N–H and O–H groups in total. The van der Waals surface area contributed by atoms with Gasteiger partial charge in [-0.1, -0.05) is 115 Å². The number of rotatable bonds is 3. The molecular formula is C40H42IrNO3-. The summed E-state index contributed by atoms with van der Waals surface area (Å²) in [6.07, 6.45) is 3.21. The number of aliphatic hydroxyl groups excluding tert-OH is 1. The molecule has 2 aromatic heterocycles. The first-order valence-electron chi connectivity index (χ1n) is 15.3. The number of hydrogen-bond acceptors (Lipinski definition) is 4. The van der Waals surface area contributed by atoms with Crippen molar-refractivity contribution < 1.29 is 34.4 Å². The molecule has 1 radical (unpaired) electrons.